The zero-order valence-corrected chi connectivity index (χ0v) is 10.0. The number of hydrogen-bond acceptors (Lipinski definition) is 4. The molecule has 94 valence electrons. The van der Waals surface area contributed by atoms with Gasteiger partial charge in [0.25, 0.3) is 0 Å². The number of nitrogens with one attached hydrogen (secondary N) is 2. The SMILES string of the molecule is Cc1cc(NC(=O)NC(C)C2CCCO2)no1. The molecule has 2 N–H and O–H groups in total. The first-order valence-corrected chi connectivity index (χ1v) is 5.77. The van der Waals surface area contributed by atoms with E-state index in [-0.39, 0.29) is 18.2 Å². The Morgan fingerprint density at radius 2 is 2.47 bits per heavy atom. The van der Waals surface area contributed by atoms with E-state index in [0.717, 1.165) is 19.4 Å². The van der Waals surface area contributed by atoms with E-state index < -0.39 is 0 Å². The molecule has 0 bridgehead atoms. The second-order valence-corrected chi connectivity index (χ2v) is 4.26. The van der Waals surface area contributed by atoms with Crippen molar-refractivity contribution in [2.45, 2.75) is 38.8 Å². The van der Waals surface area contributed by atoms with E-state index in [0.29, 0.717) is 11.6 Å². The van der Waals surface area contributed by atoms with E-state index in [1.807, 2.05) is 6.92 Å². The maximum absolute atomic E-state index is 11.6. The lowest BCUT2D eigenvalue weighted by molar-refractivity contribution is 0.0868. The van der Waals surface area contributed by atoms with Crippen molar-refractivity contribution in [2.24, 2.45) is 0 Å². The minimum absolute atomic E-state index is 0.00880. The average molecular weight is 239 g/mol. The molecule has 17 heavy (non-hydrogen) atoms. The summed E-state index contributed by atoms with van der Waals surface area (Å²) in [4.78, 5) is 11.6. The standard InChI is InChI=1S/C11H17N3O3/c1-7-6-10(14-17-7)13-11(15)12-8(2)9-4-3-5-16-9/h6,8-9H,3-5H2,1-2H3,(H2,12,13,14,15). The zero-order chi connectivity index (χ0) is 12.3. The van der Waals surface area contributed by atoms with Crippen LogP contribution in [0.2, 0.25) is 0 Å². The van der Waals surface area contributed by atoms with Crippen molar-refractivity contribution in [1.82, 2.24) is 10.5 Å². The fourth-order valence-corrected chi connectivity index (χ4v) is 1.87. The second kappa shape index (κ2) is 5.18. The maximum Gasteiger partial charge on any atom is 0.320 e. The summed E-state index contributed by atoms with van der Waals surface area (Å²) in [6, 6.07) is 1.36. The van der Waals surface area contributed by atoms with Gasteiger partial charge < -0.3 is 14.6 Å². The fraction of sp³-hybridized carbons (Fsp3) is 0.636. The van der Waals surface area contributed by atoms with Crippen LogP contribution in [0.4, 0.5) is 10.6 Å². The summed E-state index contributed by atoms with van der Waals surface area (Å²) in [5.41, 5.74) is 0. The lowest BCUT2D eigenvalue weighted by atomic mass is 10.1. The molecule has 2 unspecified atom stereocenters. The number of aryl methyl sites for hydroxylation is 1. The van der Waals surface area contributed by atoms with Crippen molar-refractivity contribution < 1.29 is 14.1 Å². The van der Waals surface area contributed by atoms with Crippen LogP contribution in [0.3, 0.4) is 0 Å². The van der Waals surface area contributed by atoms with Crippen LogP contribution >= 0.6 is 0 Å². The first-order chi connectivity index (χ1) is 8.15. The molecule has 2 rings (SSSR count). The normalized spacial score (nSPS) is 21.2. The lowest BCUT2D eigenvalue weighted by Gasteiger charge is -2.19. The number of nitrogens with zero attached hydrogens (tertiary/aromatic N) is 1. The Morgan fingerprint density at radius 3 is 3.06 bits per heavy atom. The molecule has 1 saturated heterocycles. The van der Waals surface area contributed by atoms with Crippen molar-refractivity contribution in [3.63, 3.8) is 0 Å². The smallest absolute Gasteiger partial charge is 0.320 e. The molecule has 0 aliphatic carbocycles. The number of carbonyl (C=O) groups is 1. The zero-order valence-electron chi connectivity index (χ0n) is 10.0. The lowest BCUT2D eigenvalue weighted by Crippen LogP contribution is -2.43. The van der Waals surface area contributed by atoms with E-state index in [1.54, 1.807) is 13.0 Å². The third-order valence-electron chi connectivity index (χ3n) is 2.75. The quantitative estimate of drug-likeness (QED) is 0.841. The number of anilines is 1. The summed E-state index contributed by atoms with van der Waals surface area (Å²) in [6.07, 6.45) is 2.16. The van der Waals surface area contributed by atoms with Gasteiger partial charge in [-0.25, -0.2) is 4.79 Å². The molecule has 1 aromatic rings. The summed E-state index contributed by atoms with van der Waals surface area (Å²) in [5.74, 6) is 1.08. The van der Waals surface area contributed by atoms with Gasteiger partial charge in [-0.2, -0.15) is 0 Å². The van der Waals surface area contributed by atoms with Gasteiger partial charge in [-0.3, -0.25) is 5.32 Å². The van der Waals surface area contributed by atoms with Crippen LogP contribution in [-0.4, -0.2) is 29.9 Å². The summed E-state index contributed by atoms with van der Waals surface area (Å²) in [7, 11) is 0. The molecule has 2 heterocycles. The number of amides is 2. The Balaban J connectivity index is 1.80. The van der Waals surface area contributed by atoms with Crippen molar-refractivity contribution in [1.29, 1.82) is 0 Å². The van der Waals surface area contributed by atoms with E-state index in [9.17, 15) is 4.79 Å². The molecule has 6 heteroatoms. The van der Waals surface area contributed by atoms with Crippen LogP contribution in [0.15, 0.2) is 10.6 Å². The van der Waals surface area contributed by atoms with E-state index in [2.05, 4.69) is 15.8 Å². The van der Waals surface area contributed by atoms with Gasteiger partial charge in [0.1, 0.15) is 5.76 Å². The van der Waals surface area contributed by atoms with Gasteiger partial charge in [0, 0.05) is 12.7 Å². The predicted octanol–water partition coefficient (Wildman–Crippen LogP) is 1.67. The molecule has 0 saturated carbocycles. The first kappa shape index (κ1) is 11.9. The maximum atomic E-state index is 11.6. The molecular formula is C11H17N3O3. The summed E-state index contributed by atoms with van der Waals surface area (Å²) in [5, 5.41) is 9.11. The summed E-state index contributed by atoms with van der Waals surface area (Å²) < 4.78 is 10.3. The van der Waals surface area contributed by atoms with Crippen LogP contribution in [-0.2, 0) is 4.74 Å². The largest absolute Gasteiger partial charge is 0.376 e. The minimum Gasteiger partial charge on any atom is -0.376 e. The molecule has 2 atom stereocenters. The number of carbonyl (C=O) groups excluding carboxylic acids is 1. The van der Waals surface area contributed by atoms with Crippen LogP contribution < -0.4 is 10.6 Å². The van der Waals surface area contributed by atoms with Gasteiger partial charge in [-0.1, -0.05) is 5.16 Å². The summed E-state index contributed by atoms with van der Waals surface area (Å²) in [6.45, 7) is 4.48. The fourth-order valence-electron chi connectivity index (χ4n) is 1.87. The Morgan fingerprint density at radius 1 is 1.65 bits per heavy atom. The molecule has 0 spiro atoms. The minimum atomic E-state index is -0.290. The Bertz CT molecular complexity index is 385. The van der Waals surface area contributed by atoms with Crippen molar-refractivity contribution in [3.05, 3.63) is 11.8 Å². The van der Waals surface area contributed by atoms with Gasteiger partial charge in [0.05, 0.1) is 12.1 Å². The molecule has 6 nitrogen and oxygen atoms in total. The third kappa shape index (κ3) is 3.20. The van der Waals surface area contributed by atoms with E-state index in [4.69, 9.17) is 9.26 Å². The molecule has 1 aliphatic heterocycles. The monoisotopic (exact) mass is 239 g/mol. The molecular weight excluding hydrogens is 222 g/mol. The number of urea groups is 1. The van der Waals surface area contributed by atoms with E-state index >= 15 is 0 Å². The van der Waals surface area contributed by atoms with Gasteiger partial charge in [-0.05, 0) is 26.7 Å². The van der Waals surface area contributed by atoms with Crippen LogP contribution in [0.25, 0.3) is 0 Å². The highest BCUT2D eigenvalue weighted by Gasteiger charge is 2.23. The number of hydrogen-bond donors (Lipinski definition) is 2. The van der Waals surface area contributed by atoms with Crippen LogP contribution in [0.5, 0.6) is 0 Å². The highest BCUT2D eigenvalue weighted by atomic mass is 16.5. The Hall–Kier alpha value is -1.56. The van der Waals surface area contributed by atoms with Gasteiger partial charge >= 0.3 is 6.03 Å². The highest BCUT2D eigenvalue weighted by molar-refractivity contribution is 5.88. The van der Waals surface area contributed by atoms with Crippen LogP contribution in [0.1, 0.15) is 25.5 Å². The average Bonchev–Trinajstić information content (AvgIpc) is 2.89. The highest BCUT2D eigenvalue weighted by Crippen LogP contribution is 2.15. The topological polar surface area (TPSA) is 76.4 Å². The summed E-state index contributed by atoms with van der Waals surface area (Å²) >= 11 is 0. The van der Waals surface area contributed by atoms with Crippen molar-refractivity contribution in [3.8, 4) is 0 Å². The molecule has 1 aliphatic rings. The van der Waals surface area contributed by atoms with E-state index in [1.165, 1.54) is 0 Å². The third-order valence-corrected chi connectivity index (χ3v) is 2.75. The molecule has 0 radical (unpaired) electrons. The number of ether oxygens (including phenoxy) is 1. The van der Waals surface area contributed by atoms with Crippen molar-refractivity contribution in [2.75, 3.05) is 11.9 Å². The Labute approximate surface area is 99.7 Å². The second-order valence-electron chi connectivity index (χ2n) is 4.26. The van der Waals surface area contributed by atoms with Gasteiger partial charge in [-0.15, -0.1) is 0 Å². The molecule has 1 aromatic heterocycles. The first-order valence-electron chi connectivity index (χ1n) is 5.77. The van der Waals surface area contributed by atoms with Crippen molar-refractivity contribution >= 4 is 11.8 Å². The Kier molecular flexibility index (Phi) is 3.63. The number of aromatic nitrogens is 1. The molecule has 1 fully saturated rings. The number of rotatable bonds is 3. The van der Waals surface area contributed by atoms with Crippen LogP contribution in [0, 0.1) is 6.92 Å². The molecule has 2 amide bonds. The van der Waals surface area contributed by atoms with Gasteiger partial charge in [0.15, 0.2) is 5.82 Å². The van der Waals surface area contributed by atoms with Gasteiger partial charge in [0.2, 0.25) is 0 Å². The predicted molar refractivity (Wildman–Crippen MR) is 61.8 cm³/mol. The molecule has 0 aromatic carbocycles.